The Morgan fingerprint density at radius 2 is 1.85 bits per heavy atom. The van der Waals surface area contributed by atoms with Gasteiger partial charge in [0.25, 0.3) is 5.56 Å². The van der Waals surface area contributed by atoms with Gasteiger partial charge in [0.05, 0.1) is 28.5 Å². The molecule has 12 heteroatoms. The molecule has 0 amide bonds. The van der Waals surface area contributed by atoms with Gasteiger partial charge in [-0.25, -0.2) is 13.1 Å². The molecule has 218 valence electrons. The van der Waals surface area contributed by atoms with E-state index >= 15 is 0 Å². The second kappa shape index (κ2) is 11.4. The number of likely N-dealkylation sites (N-methyl/N-ethyl adjacent to an activating group) is 1. The smallest absolute Gasteiger partial charge is 0.416 e. The second-order valence-electron chi connectivity index (χ2n) is 10.7. The highest BCUT2D eigenvalue weighted by Crippen LogP contribution is 2.39. The fourth-order valence-electron chi connectivity index (χ4n) is 5.20. The predicted molar refractivity (Wildman–Crippen MR) is 150 cm³/mol. The molecule has 0 spiro atoms. The fraction of sp³-hybridized carbons (Fsp3) is 0.500. The van der Waals surface area contributed by atoms with E-state index < -0.39 is 27.6 Å². The van der Waals surface area contributed by atoms with Crippen LogP contribution in [0.5, 0.6) is 5.75 Å². The average molecular weight is 581 g/mol. The Balaban J connectivity index is 1.80. The van der Waals surface area contributed by atoms with E-state index in [4.69, 9.17) is 4.74 Å². The van der Waals surface area contributed by atoms with Gasteiger partial charge in [-0.2, -0.15) is 18.3 Å². The monoisotopic (exact) mass is 580 g/mol. The highest BCUT2D eigenvalue weighted by Gasteiger charge is 2.33. The lowest BCUT2D eigenvalue weighted by Gasteiger charge is -2.26. The highest BCUT2D eigenvalue weighted by atomic mass is 32.2. The first kappa shape index (κ1) is 29.9. The van der Waals surface area contributed by atoms with Crippen LogP contribution in [0, 0.1) is 6.92 Å². The molecule has 2 aromatic carbocycles. The van der Waals surface area contributed by atoms with Crippen molar-refractivity contribution in [3.05, 3.63) is 62.9 Å². The van der Waals surface area contributed by atoms with Crippen LogP contribution in [-0.2, 0) is 23.1 Å². The Morgan fingerprint density at radius 3 is 2.48 bits per heavy atom. The molecule has 1 atom stereocenters. The standard InChI is InChI=1S/C28H35F3N4O4S/c1-17-20(7-6-8-24(17)28(29,30)31)18(2)32-26-22-15-21(19-9-13-40(37,38)14-10-19)25(39-12-11-34(3)4)16-23(22)27(36)35(5)33-26/h6-8,15-16,18-19H,9-14H2,1-5H3,(H,32,33)/t18-/m1/s1. The minimum Gasteiger partial charge on any atom is -0.492 e. The summed E-state index contributed by atoms with van der Waals surface area (Å²) in [5, 5.41) is 8.50. The molecule has 0 bridgehead atoms. The number of sulfone groups is 1. The molecule has 0 radical (unpaired) electrons. The number of ether oxygens (including phenoxy) is 1. The van der Waals surface area contributed by atoms with Crippen molar-refractivity contribution in [2.24, 2.45) is 7.05 Å². The molecule has 3 aromatic rings. The number of nitrogens with one attached hydrogen (secondary N) is 1. The number of rotatable bonds is 8. The zero-order valence-electron chi connectivity index (χ0n) is 23.3. The van der Waals surface area contributed by atoms with Crippen molar-refractivity contribution >= 4 is 26.4 Å². The fourth-order valence-corrected chi connectivity index (χ4v) is 6.69. The average Bonchev–Trinajstić information content (AvgIpc) is 2.86. The quantitative estimate of drug-likeness (QED) is 0.414. The molecule has 2 heterocycles. The number of halogens is 3. The van der Waals surface area contributed by atoms with Crippen molar-refractivity contribution in [1.82, 2.24) is 14.7 Å². The van der Waals surface area contributed by atoms with E-state index in [0.717, 1.165) is 11.6 Å². The van der Waals surface area contributed by atoms with Crippen molar-refractivity contribution in [1.29, 1.82) is 0 Å². The zero-order valence-corrected chi connectivity index (χ0v) is 24.1. The first-order chi connectivity index (χ1) is 18.7. The molecule has 8 nitrogen and oxygen atoms in total. The third-order valence-corrected chi connectivity index (χ3v) is 9.19. The Kier molecular flexibility index (Phi) is 8.51. The van der Waals surface area contributed by atoms with Crippen LogP contribution in [0.4, 0.5) is 19.0 Å². The van der Waals surface area contributed by atoms with E-state index in [1.807, 2.05) is 25.1 Å². The van der Waals surface area contributed by atoms with Crippen LogP contribution < -0.4 is 15.6 Å². The van der Waals surface area contributed by atoms with Gasteiger partial charge in [0.15, 0.2) is 5.82 Å². The molecule has 4 rings (SSSR count). The predicted octanol–water partition coefficient (Wildman–Crippen LogP) is 4.67. The first-order valence-corrected chi connectivity index (χ1v) is 15.0. The van der Waals surface area contributed by atoms with Crippen molar-refractivity contribution in [3.63, 3.8) is 0 Å². The summed E-state index contributed by atoms with van der Waals surface area (Å²) in [6.07, 6.45) is -3.62. The Labute approximate surface area is 232 Å². The zero-order chi connectivity index (χ0) is 29.4. The minimum absolute atomic E-state index is 0.0681. The van der Waals surface area contributed by atoms with Crippen molar-refractivity contribution in [2.45, 2.75) is 44.8 Å². The summed E-state index contributed by atoms with van der Waals surface area (Å²) < 4.78 is 72.1. The van der Waals surface area contributed by atoms with Crippen molar-refractivity contribution < 1.29 is 26.3 Å². The molecule has 0 unspecified atom stereocenters. The van der Waals surface area contributed by atoms with Crippen molar-refractivity contribution in [3.8, 4) is 5.75 Å². The third kappa shape index (κ3) is 6.43. The maximum atomic E-state index is 13.5. The summed E-state index contributed by atoms with van der Waals surface area (Å²) in [5.74, 6) is 0.903. The number of hydrogen-bond donors (Lipinski definition) is 1. The van der Waals surface area contributed by atoms with Crippen LogP contribution in [0.15, 0.2) is 35.1 Å². The van der Waals surface area contributed by atoms with E-state index in [1.54, 1.807) is 19.1 Å². The topological polar surface area (TPSA) is 93.5 Å². The molecule has 1 saturated heterocycles. The molecule has 1 aromatic heterocycles. The number of fused-ring (bicyclic) bond motifs is 1. The molecule has 40 heavy (non-hydrogen) atoms. The lowest BCUT2D eigenvalue weighted by atomic mass is 9.91. The van der Waals surface area contributed by atoms with E-state index in [9.17, 15) is 26.4 Å². The first-order valence-electron chi connectivity index (χ1n) is 13.1. The van der Waals surface area contributed by atoms with Gasteiger partial charge in [-0.1, -0.05) is 12.1 Å². The number of alkyl halides is 3. The van der Waals surface area contributed by atoms with E-state index in [1.165, 1.54) is 24.7 Å². The van der Waals surface area contributed by atoms with Crippen LogP contribution in [0.1, 0.15) is 54.0 Å². The van der Waals surface area contributed by atoms with Gasteiger partial charge < -0.3 is 15.0 Å². The molecular formula is C28H35F3N4O4S. The Morgan fingerprint density at radius 1 is 1.18 bits per heavy atom. The van der Waals surface area contributed by atoms with E-state index in [0.29, 0.717) is 53.9 Å². The van der Waals surface area contributed by atoms with E-state index in [-0.39, 0.29) is 28.5 Å². The lowest BCUT2D eigenvalue weighted by Crippen LogP contribution is -2.25. The highest BCUT2D eigenvalue weighted by molar-refractivity contribution is 7.91. The molecule has 0 aliphatic carbocycles. The summed E-state index contributed by atoms with van der Waals surface area (Å²) in [7, 11) is 2.26. The molecule has 0 saturated carbocycles. The van der Waals surface area contributed by atoms with Crippen LogP contribution in [0.25, 0.3) is 10.8 Å². The van der Waals surface area contributed by atoms with Gasteiger partial charge in [-0.05, 0) is 81.6 Å². The summed E-state index contributed by atoms with van der Waals surface area (Å²) in [4.78, 5) is 15.1. The van der Waals surface area contributed by atoms with Gasteiger partial charge in [-0.15, -0.1) is 0 Å². The van der Waals surface area contributed by atoms with Gasteiger partial charge >= 0.3 is 6.18 Å². The van der Waals surface area contributed by atoms with Crippen molar-refractivity contribution in [2.75, 3.05) is 44.1 Å². The minimum atomic E-state index is -4.48. The Bertz CT molecular complexity index is 1550. The maximum Gasteiger partial charge on any atom is 0.416 e. The molecule has 1 N–H and O–H groups in total. The Hall–Kier alpha value is -3.12. The van der Waals surface area contributed by atoms with Gasteiger partial charge in [0.1, 0.15) is 22.2 Å². The summed E-state index contributed by atoms with van der Waals surface area (Å²) in [6, 6.07) is 7.01. The molecular weight excluding hydrogens is 545 g/mol. The largest absolute Gasteiger partial charge is 0.492 e. The number of anilines is 1. The number of nitrogens with zero attached hydrogens (tertiary/aromatic N) is 3. The summed E-state index contributed by atoms with van der Waals surface area (Å²) in [6.45, 7) is 4.20. The normalized spacial score (nSPS) is 16.8. The SMILES string of the molecule is Cc1c([C@@H](C)Nc2nn(C)c(=O)c3cc(OCCN(C)C)c(C4CCS(=O)(=O)CC4)cc23)cccc1C(F)(F)F. The van der Waals surface area contributed by atoms with Gasteiger partial charge in [0, 0.05) is 19.0 Å². The van der Waals surface area contributed by atoms with Gasteiger partial charge in [0.2, 0.25) is 0 Å². The number of aryl methyl sites for hydroxylation is 1. The maximum absolute atomic E-state index is 13.5. The van der Waals surface area contributed by atoms with E-state index in [2.05, 4.69) is 10.4 Å². The van der Waals surface area contributed by atoms with Crippen LogP contribution >= 0.6 is 0 Å². The number of benzene rings is 2. The lowest BCUT2D eigenvalue weighted by molar-refractivity contribution is -0.138. The number of aromatic nitrogens is 2. The third-order valence-electron chi connectivity index (χ3n) is 7.47. The molecule has 1 aliphatic heterocycles. The van der Waals surface area contributed by atoms with Crippen LogP contribution in [0.2, 0.25) is 0 Å². The van der Waals surface area contributed by atoms with Crippen LogP contribution in [0.3, 0.4) is 0 Å². The molecule has 1 aliphatic rings. The van der Waals surface area contributed by atoms with Gasteiger partial charge in [-0.3, -0.25) is 4.79 Å². The second-order valence-corrected chi connectivity index (χ2v) is 13.0. The summed E-state index contributed by atoms with van der Waals surface area (Å²) >= 11 is 0. The summed E-state index contributed by atoms with van der Waals surface area (Å²) in [5.41, 5.74) is 0.316. The molecule has 1 fully saturated rings. The van der Waals surface area contributed by atoms with Crippen LogP contribution in [-0.4, -0.2) is 61.9 Å². The number of hydrogen-bond acceptors (Lipinski definition) is 7.